The predicted octanol–water partition coefficient (Wildman–Crippen LogP) is 5.42. The minimum absolute atomic E-state index is 0.152. The highest BCUT2D eigenvalue weighted by Crippen LogP contribution is 2.39. The van der Waals surface area contributed by atoms with Gasteiger partial charge in [0, 0.05) is 5.56 Å². The molecule has 1 N–H and O–H groups in total. The standard InChI is InChI=1S/C18H22N2O2/c1-12-10-15(18(2,3)4)17(21)16(11-12)20-19-13-6-8-14(22-5)9-7-13/h6-11,21H,1-5H3. The van der Waals surface area contributed by atoms with E-state index in [1.165, 1.54) is 0 Å². The van der Waals surface area contributed by atoms with Gasteiger partial charge in [-0.25, -0.2) is 0 Å². The SMILES string of the molecule is COc1ccc(N=Nc2cc(C)cc(C(C)(C)C)c2O)cc1. The number of rotatable bonds is 3. The average molecular weight is 298 g/mol. The lowest BCUT2D eigenvalue weighted by Gasteiger charge is -2.21. The first kappa shape index (κ1) is 16.0. The molecule has 4 nitrogen and oxygen atoms in total. The Morgan fingerprint density at radius 2 is 1.64 bits per heavy atom. The summed E-state index contributed by atoms with van der Waals surface area (Å²) in [5, 5.41) is 18.8. The fourth-order valence-corrected chi connectivity index (χ4v) is 2.17. The fraction of sp³-hybridized carbons (Fsp3) is 0.333. The maximum Gasteiger partial charge on any atom is 0.146 e. The van der Waals surface area contributed by atoms with Crippen LogP contribution in [0, 0.1) is 6.92 Å². The molecule has 0 aliphatic rings. The van der Waals surface area contributed by atoms with Crippen LogP contribution < -0.4 is 4.74 Å². The molecule has 0 atom stereocenters. The average Bonchev–Trinajstić information content (AvgIpc) is 2.47. The van der Waals surface area contributed by atoms with Gasteiger partial charge in [-0.15, -0.1) is 5.11 Å². The van der Waals surface area contributed by atoms with Gasteiger partial charge in [0.2, 0.25) is 0 Å². The van der Waals surface area contributed by atoms with Crippen LogP contribution in [0.5, 0.6) is 11.5 Å². The summed E-state index contributed by atoms with van der Waals surface area (Å²) in [6.45, 7) is 8.17. The summed E-state index contributed by atoms with van der Waals surface area (Å²) < 4.78 is 5.11. The third-order valence-corrected chi connectivity index (χ3v) is 3.39. The lowest BCUT2D eigenvalue weighted by atomic mass is 9.85. The van der Waals surface area contributed by atoms with Gasteiger partial charge in [-0.3, -0.25) is 0 Å². The van der Waals surface area contributed by atoms with Crippen LogP contribution in [0.4, 0.5) is 11.4 Å². The zero-order chi connectivity index (χ0) is 16.3. The van der Waals surface area contributed by atoms with Crippen LogP contribution in [-0.2, 0) is 5.41 Å². The minimum Gasteiger partial charge on any atom is -0.505 e. The van der Waals surface area contributed by atoms with E-state index in [1.807, 2.05) is 43.3 Å². The van der Waals surface area contributed by atoms with Crippen molar-refractivity contribution in [3.8, 4) is 11.5 Å². The van der Waals surface area contributed by atoms with Gasteiger partial charge in [-0.05, 0) is 48.2 Å². The molecule has 0 aliphatic carbocycles. The van der Waals surface area contributed by atoms with Crippen molar-refractivity contribution >= 4 is 11.4 Å². The number of phenolic OH excluding ortho intramolecular Hbond substituents is 1. The minimum atomic E-state index is -0.152. The molecule has 0 bridgehead atoms. The monoisotopic (exact) mass is 298 g/mol. The molecule has 116 valence electrons. The largest absolute Gasteiger partial charge is 0.505 e. The molecule has 0 saturated heterocycles. The Bertz CT molecular complexity index is 683. The van der Waals surface area contributed by atoms with Crippen LogP contribution in [0.15, 0.2) is 46.6 Å². The smallest absolute Gasteiger partial charge is 0.146 e. The van der Waals surface area contributed by atoms with E-state index in [2.05, 4.69) is 31.0 Å². The van der Waals surface area contributed by atoms with E-state index < -0.39 is 0 Å². The number of ether oxygens (including phenoxy) is 1. The van der Waals surface area contributed by atoms with Gasteiger partial charge < -0.3 is 9.84 Å². The zero-order valence-corrected chi connectivity index (χ0v) is 13.7. The zero-order valence-electron chi connectivity index (χ0n) is 13.7. The highest BCUT2D eigenvalue weighted by molar-refractivity contribution is 5.59. The van der Waals surface area contributed by atoms with Crippen LogP contribution in [0.1, 0.15) is 31.9 Å². The second-order valence-electron chi connectivity index (χ2n) is 6.33. The van der Waals surface area contributed by atoms with Crippen molar-refractivity contribution in [2.24, 2.45) is 10.2 Å². The maximum atomic E-state index is 10.4. The number of aromatic hydroxyl groups is 1. The lowest BCUT2D eigenvalue weighted by Crippen LogP contribution is -2.11. The topological polar surface area (TPSA) is 54.2 Å². The first-order valence-corrected chi connectivity index (χ1v) is 7.21. The summed E-state index contributed by atoms with van der Waals surface area (Å²) >= 11 is 0. The van der Waals surface area contributed by atoms with Crippen molar-refractivity contribution in [3.63, 3.8) is 0 Å². The van der Waals surface area contributed by atoms with Gasteiger partial charge in [0.25, 0.3) is 0 Å². The lowest BCUT2D eigenvalue weighted by molar-refractivity contribution is 0.415. The van der Waals surface area contributed by atoms with E-state index >= 15 is 0 Å². The number of hydrogen-bond donors (Lipinski definition) is 1. The molecule has 4 heteroatoms. The number of aryl methyl sites for hydroxylation is 1. The van der Waals surface area contributed by atoms with Gasteiger partial charge in [-0.1, -0.05) is 26.8 Å². The van der Waals surface area contributed by atoms with E-state index in [1.54, 1.807) is 7.11 Å². The second-order valence-corrected chi connectivity index (χ2v) is 6.33. The van der Waals surface area contributed by atoms with Gasteiger partial charge >= 0.3 is 0 Å². The molecule has 0 saturated carbocycles. The molecule has 22 heavy (non-hydrogen) atoms. The Kier molecular flexibility index (Phi) is 4.50. The van der Waals surface area contributed by atoms with Crippen LogP contribution in [0.25, 0.3) is 0 Å². The molecule has 0 aromatic heterocycles. The second kappa shape index (κ2) is 6.18. The summed E-state index contributed by atoms with van der Waals surface area (Å²) in [5.74, 6) is 0.961. The molecule has 0 spiro atoms. The van der Waals surface area contributed by atoms with Crippen molar-refractivity contribution in [2.75, 3.05) is 7.11 Å². The van der Waals surface area contributed by atoms with Crippen LogP contribution in [0.2, 0.25) is 0 Å². The molecule has 2 rings (SSSR count). The number of benzene rings is 2. The van der Waals surface area contributed by atoms with Crippen molar-refractivity contribution in [2.45, 2.75) is 33.1 Å². The van der Waals surface area contributed by atoms with E-state index in [4.69, 9.17) is 4.74 Å². The molecule has 0 heterocycles. The van der Waals surface area contributed by atoms with E-state index in [9.17, 15) is 5.11 Å². The summed E-state index contributed by atoms with van der Waals surface area (Å²) in [6.07, 6.45) is 0. The Morgan fingerprint density at radius 1 is 1.00 bits per heavy atom. The van der Waals surface area contributed by atoms with Gasteiger partial charge in [0.1, 0.15) is 17.2 Å². The molecule has 2 aromatic carbocycles. The fourth-order valence-electron chi connectivity index (χ4n) is 2.17. The number of methoxy groups -OCH3 is 1. The highest BCUT2D eigenvalue weighted by Gasteiger charge is 2.20. The van der Waals surface area contributed by atoms with E-state index in [0.717, 1.165) is 16.9 Å². The number of azo groups is 1. The molecule has 0 aliphatic heterocycles. The molecule has 2 aromatic rings. The first-order chi connectivity index (χ1) is 10.3. The summed E-state index contributed by atoms with van der Waals surface area (Å²) in [6, 6.07) is 11.1. The van der Waals surface area contributed by atoms with Crippen LogP contribution >= 0.6 is 0 Å². The predicted molar refractivity (Wildman–Crippen MR) is 88.7 cm³/mol. The van der Waals surface area contributed by atoms with Crippen LogP contribution in [-0.4, -0.2) is 12.2 Å². The summed E-state index contributed by atoms with van der Waals surface area (Å²) in [5.41, 5.74) is 2.96. The number of nitrogens with zero attached hydrogens (tertiary/aromatic N) is 2. The molecule has 0 amide bonds. The third kappa shape index (κ3) is 3.64. The van der Waals surface area contributed by atoms with Crippen molar-refractivity contribution < 1.29 is 9.84 Å². The van der Waals surface area contributed by atoms with Gasteiger partial charge in [0.05, 0.1) is 12.8 Å². The quantitative estimate of drug-likeness (QED) is 0.769. The van der Waals surface area contributed by atoms with Gasteiger partial charge in [0.15, 0.2) is 0 Å². The third-order valence-electron chi connectivity index (χ3n) is 3.39. The molecule has 0 radical (unpaired) electrons. The van der Waals surface area contributed by atoms with Crippen molar-refractivity contribution in [1.82, 2.24) is 0 Å². The molecular formula is C18H22N2O2. The van der Waals surface area contributed by atoms with E-state index in [0.29, 0.717) is 11.4 Å². The number of hydrogen-bond acceptors (Lipinski definition) is 4. The van der Waals surface area contributed by atoms with Gasteiger partial charge in [-0.2, -0.15) is 5.11 Å². The molecule has 0 unspecified atom stereocenters. The van der Waals surface area contributed by atoms with Crippen LogP contribution in [0.3, 0.4) is 0 Å². The molecule has 0 fully saturated rings. The number of phenols is 1. The van der Waals surface area contributed by atoms with E-state index in [-0.39, 0.29) is 11.2 Å². The summed E-state index contributed by atoms with van der Waals surface area (Å²) in [4.78, 5) is 0. The normalized spacial score (nSPS) is 11.9. The Hall–Kier alpha value is -2.36. The van der Waals surface area contributed by atoms with Crippen molar-refractivity contribution in [1.29, 1.82) is 0 Å². The Labute approximate surface area is 131 Å². The Morgan fingerprint density at radius 3 is 2.18 bits per heavy atom. The first-order valence-electron chi connectivity index (χ1n) is 7.21. The van der Waals surface area contributed by atoms with Crippen molar-refractivity contribution in [3.05, 3.63) is 47.5 Å². The highest BCUT2D eigenvalue weighted by atomic mass is 16.5. The Balaban J connectivity index is 2.36. The maximum absolute atomic E-state index is 10.4. The summed E-state index contributed by atoms with van der Waals surface area (Å²) in [7, 11) is 1.62. The molecular weight excluding hydrogens is 276 g/mol.